The lowest BCUT2D eigenvalue weighted by Crippen LogP contribution is -2.08. The minimum Gasteiger partial charge on any atom is -0.481 e. The number of rotatable bonds is 5. The topological polar surface area (TPSA) is 49.3 Å². The number of anilines is 1. The van der Waals surface area contributed by atoms with Crippen LogP contribution >= 0.6 is 0 Å². The van der Waals surface area contributed by atoms with Crippen LogP contribution in [0.15, 0.2) is 54.6 Å². The molecule has 0 heterocycles. The molecule has 20 heavy (non-hydrogen) atoms. The Balaban J connectivity index is 1.59. The molecule has 1 fully saturated rings. The van der Waals surface area contributed by atoms with Crippen molar-refractivity contribution in [1.82, 2.24) is 0 Å². The first-order valence-corrected chi connectivity index (χ1v) is 6.86. The average molecular weight is 267 g/mol. The summed E-state index contributed by atoms with van der Waals surface area (Å²) in [7, 11) is 0. The zero-order valence-electron chi connectivity index (χ0n) is 11.1. The molecule has 0 aromatic heterocycles. The molecule has 3 nitrogen and oxygen atoms in total. The Hall–Kier alpha value is -2.29. The van der Waals surface area contributed by atoms with E-state index in [2.05, 4.69) is 29.6 Å². The Morgan fingerprint density at radius 3 is 2.30 bits per heavy atom. The lowest BCUT2D eigenvalue weighted by Gasteiger charge is -2.07. The summed E-state index contributed by atoms with van der Waals surface area (Å²) in [6.45, 7) is 0.738. The van der Waals surface area contributed by atoms with Gasteiger partial charge >= 0.3 is 5.97 Å². The molecule has 0 radical (unpaired) electrons. The molecule has 2 aromatic carbocycles. The smallest absolute Gasteiger partial charge is 0.306 e. The highest BCUT2D eigenvalue weighted by atomic mass is 16.4. The van der Waals surface area contributed by atoms with Crippen molar-refractivity contribution < 1.29 is 9.90 Å². The van der Waals surface area contributed by atoms with Gasteiger partial charge in [-0.1, -0.05) is 42.5 Å². The third-order valence-electron chi connectivity index (χ3n) is 3.80. The number of hydrogen-bond donors (Lipinski definition) is 2. The predicted molar refractivity (Wildman–Crippen MR) is 79.6 cm³/mol. The van der Waals surface area contributed by atoms with Gasteiger partial charge in [-0.25, -0.2) is 0 Å². The van der Waals surface area contributed by atoms with Crippen LogP contribution in [-0.4, -0.2) is 17.6 Å². The fraction of sp³-hybridized carbons (Fsp3) is 0.235. The van der Waals surface area contributed by atoms with Crippen LogP contribution < -0.4 is 5.32 Å². The Bertz CT molecular complexity index is 592. The van der Waals surface area contributed by atoms with Crippen molar-refractivity contribution in [3.05, 3.63) is 54.6 Å². The van der Waals surface area contributed by atoms with E-state index < -0.39 is 5.97 Å². The predicted octanol–water partition coefficient (Wildman–Crippen LogP) is 3.49. The summed E-state index contributed by atoms with van der Waals surface area (Å²) < 4.78 is 0. The van der Waals surface area contributed by atoms with Gasteiger partial charge in [-0.3, -0.25) is 4.79 Å². The second-order valence-electron chi connectivity index (χ2n) is 5.26. The molecule has 102 valence electrons. The van der Waals surface area contributed by atoms with Crippen LogP contribution in [0.1, 0.15) is 6.42 Å². The number of carbonyl (C=O) groups is 1. The first-order valence-electron chi connectivity index (χ1n) is 6.86. The minimum atomic E-state index is -0.670. The molecule has 0 saturated heterocycles. The van der Waals surface area contributed by atoms with Gasteiger partial charge in [0.2, 0.25) is 0 Å². The van der Waals surface area contributed by atoms with E-state index in [-0.39, 0.29) is 11.8 Å². The zero-order chi connectivity index (χ0) is 13.9. The maximum absolute atomic E-state index is 10.8. The van der Waals surface area contributed by atoms with Crippen molar-refractivity contribution in [2.24, 2.45) is 11.8 Å². The number of nitrogens with one attached hydrogen (secondary N) is 1. The Kier molecular flexibility index (Phi) is 3.42. The van der Waals surface area contributed by atoms with Crippen LogP contribution in [0.5, 0.6) is 0 Å². The van der Waals surface area contributed by atoms with Gasteiger partial charge < -0.3 is 10.4 Å². The highest BCUT2D eigenvalue weighted by Gasteiger charge is 2.42. The van der Waals surface area contributed by atoms with E-state index in [0.717, 1.165) is 18.7 Å². The molecule has 3 rings (SSSR count). The Morgan fingerprint density at radius 2 is 1.70 bits per heavy atom. The van der Waals surface area contributed by atoms with Crippen molar-refractivity contribution >= 4 is 11.7 Å². The molecule has 1 aliphatic carbocycles. The molecular formula is C17H17NO2. The van der Waals surface area contributed by atoms with Gasteiger partial charge in [0.15, 0.2) is 0 Å². The molecule has 2 aromatic rings. The lowest BCUT2D eigenvalue weighted by molar-refractivity contribution is -0.138. The van der Waals surface area contributed by atoms with Crippen LogP contribution in [0.25, 0.3) is 11.1 Å². The Morgan fingerprint density at radius 1 is 1.05 bits per heavy atom. The van der Waals surface area contributed by atoms with Crippen LogP contribution in [0, 0.1) is 11.8 Å². The van der Waals surface area contributed by atoms with Gasteiger partial charge in [-0.15, -0.1) is 0 Å². The molecular weight excluding hydrogens is 250 g/mol. The molecule has 2 N–H and O–H groups in total. The van der Waals surface area contributed by atoms with Crippen molar-refractivity contribution in [3.8, 4) is 11.1 Å². The molecule has 3 heteroatoms. The summed E-state index contributed by atoms with van der Waals surface area (Å²) in [6.07, 6.45) is 0.796. The molecule has 0 amide bonds. The first kappa shape index (κ1) is 12.7. The van der Waals surface area contributed by atoms with Crippen LogP contribution in [0.4, 0.5) is 5.69 Å². The number of carboxylic acids is 1. The number of carboxylic acid groups (broad SMARTS) is 1. The van der Waals surface area contributed by atoms with Crippen LogP contribution in [0.2, 0.25) is 0 Å². The molecule has 1 saturated carbocycles. The van der Waals surface area contributed by atoms with Crippen LogP contribution in [-0.2, 0) is 4.79 Å². The van der Waals surface area contributed by atoms with Gasteiger partial charge in [0, 0.05) is 12.2 Å². The normalized spacial score (nSPS) is 20.4. The van der Waals surface area contributed by atoms with Gasteiger partial charge in [0.25, 0.3) is 0 Å². The monoisotopic (exact) mass is 267 g/mol. The quantitative estimate of drug-likeness (QED) is 0.872. The molecule has 0 spiro atoms. The van der Waals surface area contributed by atoms with Crippen LogP contribution in [0.3, 0.4) is 0 Å². The van der Waals surface area contributed by atoms with E-state index in [1.807, 2.05) is 30.3 Å². The molecule has 1 aliphatic rings. The number of hydrogen-bond acceptors (Lipinski definition) is 2. The van der Waals surface area contributed by atoms with Crippen molar-refractivity contribution in [3.63, 3.8) is 0 Å². The maximum atomic E-state index is 10.8. The van der Waals surface area contributed by atoms with Gasteiger partial charge in [-0.05, 0) is 35.6 Å². The summed E-state index contributed by atoms with van der Waals surface area (Å²) in [5.41, 5.74) is 3.43. The summed E-state index contributed by atoms with van der Waals surface area (Å²) in [5.74, 6) is -0.538. The average Bonchev–Trinajstić information content (AvgIpc) is 3.26. The highest BCUT2D eigenvalue weighted by molar-refractivity contribution is 5.73. The van der Waals surface area contributed by atoms with Crippen molar-refractivity contribution in [1.29, 1.82) is 0 Å². The van der Waals surface area contributed by atoms with Gasteiger partial charge in [0.1, 0.15) is 0 Å². The van der Waals surface area contributed by atoms with E-state index in [1.165, 1.54) is 11.1 Å². The first-order chi connectivity index (χ1) is 9.74. The minimum absolute atomic E-state index is 0.147. The van der Waals surface area contributed by atoms with Gasteiger partial charge in [0.05, 0.1) is 5.92 Å². The maximum Gasteiger partial charge on any atom is 0.306 e. The second kappa shape index (κ2) is 5.37. The zero-order valence-corrected chi connectivity index (χ0v) is 11.1. The van der Waals surface area contributed by atoms with E-state index in [0.29, 0.717) is 0 Å². The fourth-order valence-electron chi connectivity index (χ4n) is 2.44. The molecule has 0 bridgehead atoms. The number of benzene rings is 2. The SMILES string of the molecule is O=C(O)C1CC1CNc1ccc(-c2ccccc2)cc1. The summed E-state index contributed by atoms with van der Waals surface area (Å²) in [4.78, 5) is 10.8. The van der Waals surface area contributed by atoms with E-state index >= 15 is 0 Å². The highest BCUT2D eigenvalue weighted by Crippen LogP contribution is 2.38. The van der Waals surface area contributed by atoms with E-state index in [9.17, 15) is 4.79 Å². The third-order valence-corrected chi connectivity index (χ3v) is 3.80. The summed E-state index contributed by atoms with van der Waals surface area (Å²) in [6, 6.07) is 18.5. The second-order valence-corrected chi connectivity index (χ2v) is 5.26. The number of aliphatic carboxylic acids is 1. The van der Waals surface area contributed by atoms with Gasteiger partial charge in [-0.2, -0.15) is 0 Å². The van der Waals surface area contributed by atoms with E-state index in [4.69, 9.17) is 5.11 Å². The third kappa shape index (κ3) is 2.82. The standard InChI is InChI=1S/C17H17NO2/c19-17(20)16-10-14(16)11-18-15-8-6-13(7-9-15)12-4-2-1-3-5-12/h1-9,14,16,18H,10-11H2,(H,19,20). The van der Waals surface area contributed by atoms with Crippen molar-refractivity contribution in [2.45, 2.75) is 6.42 Å². The molecule has 0 aliphatic heterocycles. The largest absolute Gasteiger partial charge is 0.481 e. The summed E-state index contributed by atoms with van der Waals surface area (Å²) >= 11 is 0. The van der Waals surface area contributed by atoms with E-state index in [1.54, 1.807) is 0 Å². The Labute approximate surface area is 118 Å². The lowest BCUT2D eigenvalue weighted by atomic mass is 10.1. The molecule has 2 unspecified atom stereocenters. The van der Waals surface area contributed by atoms with Crippen molar-refractivity contribution in [2.75, 3.05) is 11.9 Å². The fourth-order valence-corrected chi connectivity index (χ4v) is 2.44. The summed E-state index contributed by atoms with van der Waals surface area (Å²) in [5, 5.41) is 12.2. The molecule has 2 atom stereocenters.